The molecule has 0 saturated heterocycles. The largest absolute Gasteiger partial charge is 0.310 e. The molecule has 19 heavy (non-hydrogen) atoms. The van der Waals surface area contributed by atoms with Gasteiger partial charge >= 0.3 is 0 Å². The van der Waals surface area contributed by atoms with Crippen molar-refractivity contribution in [3.63, 3.8) is 0 Å². The fourth-order valence-corrected chi connectivity index (χ4v) is 2.48. The molecular weight excluding hydrogens is 254 g/mol. The van der Waals surface area contributed by atoms with E-state index in [-0.39, 0.29) is 0 Å². The molecule has 0 amide bonds. The Balaban J connectivity index is 1.81. The van der Waals surface area contributed by atoms with Crippen LogP contribution in [0.5, 0.6) is 0 Å². The molecule has 98 valence electrons. The van der Waals surface area contributed by atoms with Crippen molar-refractivity contribution in [2.75, 3.05) is 0 Å². The Morgan fingerprint density at radius 1 is 1.11 bits per heavy atom. The van der Waals surface area contributed by atoms with Gasteiger partial charge in [-0.25, -0.2) is 0 Å². The van der Waals surface area contributed by atoms with Gasteiger partial charge in [0.25, 0.3) is 0 Å². The number of hydrogen-bond acceptors (Lipinski definition) is 1. The summed E-state index contributed by atoms with van der Waals surface area (Å²) in [6, 6.07) is 15.6. The number of hydrogen-bond donors (Lipinski definition) is 1. The van der Waals surface area contributed by atoms with Crippen LogP contribution < -0.4 is 5.32 Å². The Kier molecular flexibility index (Phi) is 3.58. The maximum atomic E-state index is 6.38. The SMILES string of the molecule is Cc1cccc(-c2ccc(CNC3CC3)c(Cl)c2)c1. The summed E-state index contributed by atoms with van der Waals surface area (Å²) >= 11 is 6.38. The molecule has 1 nitrogen and oxygen atoms in total. The van der Waals surface area contributed by atoms with E-state index in [0.29, 0.717) is 6.04 Å². The van der Waals surface area contributed by atoms with Crippen LogP contribution in [-0.2, 0) is 6.54 Å². The molecule has 2 aromatic carbocycles. The summed E-state index contributed by atoms with van der Waals surface area (Å²) in [6.45, 7) is 2.98. The molecule has 0 heterocycles. The molecule has 1 saturated carbocycles. The van der Waals surface area contributed by atoms with Crippen molar-refractivity contribution in [1.82, 2.24) is 5.32 Å². The van der Waals surface area contributed by atoms with E-state index < -0.39 is 0 Å². The zero-order chi connectivity index (χ0) is 13.2. The van der Waals surface area contributed by atoms with Crippen LogP contribution in [0.4, 0.5) is 0 Å². The normalized spacial score (nSPS) is 14.6. The minimum atomic E-state index is 0.715. The first-order chi connectivity index (χ1) is 9.22. The lowest BCUT2D eigenvalue weighted by atomic mass is 10.0. The third-order valence-corrected chi connectivity index (χ3v) is 3.91. The van der Waals surface area contributed by atoms with E-state index in [1.54, 1.807) is 0 Å². The number of aryl methyl sites for hydroxylation is 1. The summed E-state index contributed by atoms with van der Waals surface area (Å²) in [5.74, 6) is 0. The van der Waals surface area contributed by atoms with E-state index in [9.17, 15) is 0 Å². The van der Waals surface area contributed by atoms with Crippen LogP contribution in [0.3, 0.4) is 0 Å². The first-order valence-corrected chi connectivity index (χ1v) is 7.19. The van der Waals surface area contributed by atoms with Crippen LogP contribution in [-0.4, -0.2) is 6.04 Å². The highest BCUT2D eigenvalue weighted by Crippen LogP contribution is 2.27. The molecule has 1 aliphatic rings. The average molecular weight is 272 g/mol. The second kappa shape index (κ2) is 5.36. The Morgan fingerprint density at radius 3 is 2.58 bits per heavy atom. The Morgan fingerprint density at radius 2 is 1.89 bits per heavy atom. The third kappa shape index (κ3) is 3.17. The van der Waals surface area contributed by atoms with Gasteiger partial charge in [0.05, 0.1) is 0 Å². The summed E-state index contributed by atoms with van der Waals surface area (Å²) in [5.41, 5.74) is 4.87. The second-order valence-electron chi connectivity index (χ2n) is 5.33. The first kappa shape index (κ1) is 12.7. The monoisotopic (exact) mass is 271 g/mol. The highest BCUT2D eigenvalue weighted by molar-refractivity contribution is 6.31. The number of nitrogens with one attached hydrogen (secondary N) is 1. The summed E-state index contributed by atoms with van der Waals surface area (Å²) in [5, 5.41) is 4.35. The van der Waals surface area contributed by atoms with E-state index in [0.717, 1.165) is 11.6 Å². The molecule has 2 heteroatoms. The maximum Gasteiger partial charge on any atom is 0.0457 e. The first-order valence-electron chi connectivity index (χ1n) is 6.81. The van der Waals surface area contributed by atoms with Crippen molar-refractivity contribution in [3.05, 3.63) is 58.6 Å². The van der Waals surface area contributed by atoms with E-state index in [1.807, 2.05) is 0 Å². The summed E-state index contributed by atoms with van der Waals surface area (Å²) in [4.78, 5) is 0. The topological polar surface area (TPSA) is 12.0 Å². The predicted octanol–water partition coefficient (Wildman–Crippen LogP) is 4.57. The molecule has 0 bridgehead atoms. The molecule has 0 atom stereocenters. The van der Waals surface area contributed by atoms with Gasteiger partial charge < -0.3 is 5.32 Å². The standard InChI is InChI=1S/C17H18ClN/c1-12-3-2-4-13(9-12)14-5-6-15(17(18)10-14)11-19-16-7-8-16/h2-6,9-10,16,19H,7-8,11H2,1H3. The highest BCUT2D eigenvalue weighted by Gasteiger charge is 2.20. The summed E-state index contributed by atoms with van der Waals surface area (Å²) in [6.07, 6.45) is 2.61. The smallest absolute Gasteiger partial charge is 0.0457 e. The molecule has 0 unspecified atom stereocenters. The molecule has 0 aliphatic heterocycles. The van der Waals surface area contributed by atoms with Crippen molar-refractivity contribution in [2.45, 2.75) is 32.4 Å². The lowest BCUT2D eigenvalue weighted by Crippen LogP contribution is -2.15. The van der Waals surface area contributed by atoms with Crippen LogP contribution in [0.1, 0.15) is 24.0 Å². The van der Waals surface area contributed by atoms with Gasteiger partial charge in [-0.2, -0.15) is 0 Å². The lowest BCUT2D eigenvalue weighted by molar-refractivity contribution is 0.688. The fourth-order valence-electron chi connectivity index (χ4n) is 2.24. The fraction of sp³-hybridized carbons (Fsp3) is 0.294. The van der Waals surface area contributed by atoms with Gasteiger partial charge in [0.2, 0.25) is 0 Å². The van der Waals surface area contributed by atoms with Crippen molar-refractivity contribution < 1.29 is 0 Å². The van der Waals surface area contributed by atoms with E-state index in [1.165, 1.54) is 35.1 Å². The predicted molar refractivity (Wildman–Crippen MR) is 81.5 cm³/mol. The average Bonchev–Trinajstić information content (AvgIpc) is 3.21. The second-order valence-corrected chi connectivity index (χ2v) is 5.74. The Bertz CT molecular complexity index is 588. The molecule has 0 aromatic heterocycles. The number of rotatable bonds is 4. The summed E-state index contributed by atoms with van der Waals surface area (Å²) in [7, 11) is 0. The van der Waals surface area contributed by atoms with Crippen LogP contribution in [0, 0.1) is 6.92 Å². The van der Waals surface area contributed by atoms with E-state index in [4.69, 9.17) is 11.6 Å². The summed E-state index contributed by atoms with van der Waals surface area (Å²) < 4.78 is 0. The Labute approximate surface area is 119 Å². The Hall–Kier alpha value is -1.31. The van der Waals surface area contributed by atoms with Gasteiger partial charge in [-0.3, -0.25) is 0 Å². The van der Waals surface area contributed by atoms with E-state index >= 15 is 0 Å². The van der Waals surface area contributed by atoms with E-state index in [2.05, 4.69) is 54.7 Å². The zero-order valence-corrected chi connectivity index (χ0v) is 11.9. The number of benzene rings is 2. The van der Waals surface area contributed by atoms with Crippen LogP contribution in [0.15, 0.2) is 42.5 Å². The quantitative estimate of drug-likeness (QED) is 0.859. The molecule has 0 radical (unpaired) electrons. The lowest BCUT2D eigenvalue weighted by Gasteiger charge is -2.09. The molecule has 2 aromatic rings. The van der Waals surface area contributed by atoms with Gasteiger partial charge in [-0.1, -0.05) is 53.6 Å². The molecule has 0 spiro atoms. The van der Waals surface area contributed by atoms with Crippen LogP contribution >= 0.6 is 11.6 Å². The molecule has 1 N–H and O–H groups in total. The molecular formula is C17H18ClN. The minimum Gasteiger partial charge on any atom is -0.310 e. The van der Waals surface area contributed by atoms with Crippen LogP contribution in [0.2, 0.25) is 5.02 Å². The van der Waals surface area contributed by atoms with Crippen LogP contribution in [0.25, 0.3) is 11.1 Å². The number of halogens is 1. The maximum absolute atomic E-state index is 6.38. The van der Waals surface area contributed by atoms with Crippen molar-refractivity contribution in [1.29, 1.82) is 0 Å². The molecule has 1 fully saturated rings. The van der Waals surface area contributed by atoms with Crippen molar-refractivity contribution in [2.24, 2.45) is 0 Å². The third-order valence-electron chi connectivity index (χ3n) is 3.56. The molecule has 3 rings (SSSR count). The van der Waals surface area contributed by atoms with Crippen molar-refractivity contribution >= 4 is 11.6 Å². The van der Waals surface area contributed by atoms with Gasteiger partial charge in [0.1, 0.15) is 0 Å². The van der Waals surface area contributed by atoms with Gasteiger partial charge in [0.15, 0.2) is 0 Å². The van der Waals surface area contributed by atoms with Crippen molar-refractivity contribution in [3.8, 4) is 11.1 Å². The zero-order valence-electron chi connectivity index (χ0n) is 11.1. The minimum absolute atomic E-state index is 0.715. The highest BCUT2D eigenvalue weighted by atomic mass is 35.5. The van der Waals surface area contributed by atoms with Gasteiger partial charge in [-0.15, -0.1) is 0 Å². The van der Waals surface area contributed by atoms with Gasteiger partial charge in [-0.05, 0) is 42.5 Å². The van der Waals surface area contributed by atoms with Gasteiger partial charge in [0, 0.05) is 17.6 Å². The molecule has 1 aliphatic carbocycles.